The van der Waals surface area contributed by atoms with Crippen LogP contribution in [0.5, 0.6) is 0 Å². The predicted molar refractivity (Wildman–Crippen MR) is 109 cm³/mol. The second-order valence-electron chi connectivity index (χ2n) is 7.73. The van der Waals surface area contributed by atoms with Gasteiger partial charge in [0.2, 0.25) is 0 Å². The highest BCUT2D eigenvalue weighted by Crippen LogP contribution is 2.38. The number of carbonyl (C=O) groups is 1. The van der Waals surface area contributed by atoms with E-state index in [1.807, 2.05) is 0 Å². The van der Waals surface area contributed by atoms with Crippen LogP contribution >= 0.6 is 11.8 Å². The van der Waals surface area contributed by atoms with Crippen LogP contribution in [-0.4, -0.2) is 25.8 Å². The Morgan fingerprint density at radius 3 is 1.92 bits per heavy atom. The van der Waals surface area contributed by atoms with E-state index in [2.05, 4.69) is 81.4 Å². The van der Waals surface area contributed by atoms with E-state index < -0.39 is 8.32 Å². The third-order valence-electron chi connectivity index (χ3n) is 4.89. The van der Waals surface area contributed by atoms with Crippen LogP contribution in [0.25, 0.3) is 0 Å². The molecule has 0 aromatic heterocycles. The minimum Gasteiger partial charge on any atom is -0.407 e. The Labute approximate surface area is 156 Å². The molecule has 4 heteroatoms. The van der Waals surface area contributed by atoms with Crippen molar-refractivity contribution in [3.63, 3.8) is 0 Å². The first-order chi connectivity index (χ1) is 11.9. The maximum Gasteiger partial charge on any atom is 0.261 e. The lowest BCUT2D eigenvalue weighted by Crippen LogP contribution is -2.66. The van der Waals surface area contributed by atoms with Crippen molar-refractivity contribution in [2.45, 2.75) is 32.2 Å². The molecule has 0 amide bonds. The van der Waals surface area contributed by atoms with Gasteiger partial charge in [0.15, 0.2) is 5.12 Å². The van der Waals surface area contributed by atoms with Gasteiger partial charge in [-0.25, -0.2) is 0 Å². The molecule has 2 aromatic carbocycles. The number of thioether (sulfide) groups is 1. The molecule has 1 aliphatic rings. The molecular weight excluding hydrogens is 344 g/mol. The largest absolute Gasteiger partial charge is 0.407 e. The highest BCUT2D eigenvalue weighted by atomic mass is 32.2. The summed E-state index contributed by atoms with van der Waals surface area (Å²) in [6.07, 6.45) is 0.642. The fourth-order valence-corrected chi connectivity index (χ4v) is 9.31. The molecule has 0 spiro atoms. The summed E-state index contributed by atoms with van der Waals surface area (Å²) < 4.78 is 6.87. The van der Waals surface area contributed by atoms with Gasteiger partial charge in [-0.05, 0) is 21.3 Å². The zero-order chi connectivity index (χ0) is 17.9. The molecular formula is C21H26O2SSi. The molecule has 1 saturated heterocycles. The number of carbonyl (C=O) groups excluding carboxylic acids is 1. The summed E-state index contributed by atoms with van der Waals surface area (Å²) in [7, 11) is -2.46. The van der Waals surface area contributed by atoms with Crippen molar-refractivity contribution in [2.75, 3.05) is 12.4 Å². The molecule has 0 aliphatic carbocycles. The molecule has 0 N–H and O–H groups in total. The van der Waals surface area contributed by atoms with Crippen LogP contribution in [0.3, 0.4) is 0 Å². The molecule has 1 atom stereocenters. The van der Waals surface area contributed by atoms with Gasteiger partial charge in [-0.1, -0.05) is 93.2 Å². The van der Waals surface area contributed by atoms with Crippen molar-refractivity contribution >= 4 is 35.6 Å². The molecule has 0 bridgehead atoms. The third-order valence-corrected chi connectivity index (χ3v) is 11.0. The standard InChI is InChI=1S/C21H26O2SSi/c1-21(2,3)25(18-10-6-4-7-11-18,19-12-8-5-9-13-19)23-15-17-14-20(22)24-16-17/h4-13,17H,14-16H2,1-3H3. The van der Waals surface area contributed by atoms with Gasteiger partial charge in [0.1, 0.15) is 0 Å². The second kappa shape index (κ2) is 7.48. The molecule has 132 valence electrons. The number of rotatable bonds is 5. The van der Waals surface area contributed by atoms with Gasteiger partial charge >= 0.3 is 0 Å². The summed E-state index contributed by atoms with van der Waals surface area (Å²) in [5.41, 5.74) is 0. The number of hydrogen-bond donors (Lipinski definition) is 0. The van der Waals surface area contributed by atoms with E-state index in [9.17, 15) is 4.79 Å². The smallest absolute Gasteiger partial charge is 0.261 e. The molecule has 1 heterocycles. The molecule has 1 unspecified atom stereocenters. The Hall–Kier alpha value is -1.36. The minimum atomic E-state index is -2.46. The average molecular weight is 371 g/mol. The van der Waals surface area contributed by atoms with Crippen LogP contribution in [-0.2, 0) is 9.22 Å². The fourth-order valence-electron chi connectivity index (χ4n) is 3.68. The Balaban J connectivity index is 2.04. The summed E-state index contributed by atoms with van der Waals surface area (Å²) in [6, 6.07) is 21.4. The van der Waals surface area contributed by atoms with Crippen molar-refractivity contribution < 1.29 is 9.22 Å². The van der Waals surface area contributed by atoms with Crippen molar-refractivity contribution in [3.05, 3.63) is 60.7 Å². The average Bonchev–Trinajstić information content (AvgIpc) is 3.02. The summed E-state index contributed by atoms with van der Waals surface area (Å²) in [5.74, 6) is 1.22. The van der Waals surface area contributed by atoms with Crippen molar-refractivity contribution in [1.82, 2.24) is 0 Å². The van der Waals surface area contributed by atoms with Crippen molar-refractivity contribution in [1.29, 1.82) is 0 Å². The van der Waals surface area contributed by atoms with E-state index >= 15 is 0 Å². The SMILES string of the molecule is CC(C)(C)[Si](OCC1CSC(=O)C1)(c1ccccc1)c1ccccc1. The second-order valence-corrected chi connectivity index (χ2v) is 13.1. The van der Waals surface area contributed by atoms with Crippen LogP contribution in [0.15, 0.2) is 60.7 Å². The Kier molecular flexibility index (Phi) is 5.51. The Morgan fingerprint density at radius 2 is 1.52 bits per heavy atom. The molecule has 0 saturated carbocycles. The van der Waals surface area contributed by atoms with E-state index in [0.717, 1.165) is 5.75 Å². The minimum absolute atomic E-state index is 0.00847. The number of hydrogen-bond acceptors (Lipinski definition) is 3. The molecule has 0 radical (unpaired) electrons. The summed E-state index contributed by atoms with van der Waals surface area (Å²) in [6.45, 7) is 7.52. The lowest BCUT2D eigenvalue weighted by molar-refractivity contribution is -0.111. The molecule has 1 fully saturated rings. The Morgan fingerprint density at radius 1 is 1.00 bits per heavy atom. The van der Waals surface area contributed by atoms with E-state index in [-0.39, 0.29) is 5.04 Å². The van der Waals surface area contributed by atoms with E-state index in [4.69, 9.17) is 4.43 Å². The van der Waals surface area contributed by atoms with Crippen molar-refractivity contribution in [2.24, 2.45) is 5.92 Å². The molecule has 2 aromatic rings. The van der Waals surface area contributed by atoms with Crippen LogP contribution in [0.1, 0.15) is 27.2 Å². The van der Waals surface area contributed by atoms with Crippen LogP contribution in [0.4, 0.5) is 0 Å². The number of benzene rings is 2. The van der Waals surface area contributed by atoms with Crippen molar-refractivity contribution in [3.8, 4) is 0 Å². The summed E-state index contributed by atoms with van der Waals surface area (Å²) in [5, 5.41) is 2.89. The van der Waals surface area contributed by atoms with Crippen LogP contribution in [0.2, 0.25) is 5.04 Å². The predicted octanol–water partition coefficient (Wildman–Crippen LogP) is 3.84. The van der Waals surface area contributed by atoms with Gasteiger partial charge in [0.25, 0.3) is 8.32 Å². The molecule has 1 aliphatic heterocycles. The summed E-state index contributed by atoms with van der Waals surface area (Å²) >= 11 is 1.45. The van der Waals surface area contributed by atoms with Gasteiger partial charge in [-0.3, -0.25) is 4.79 Å². The van der Waals surface area contributed by atoms with Gasteiger partial charge in [-0.2, -0.15) is 0 Å². The first-order valence-electron chi connectivity index (χ1n) is 8.84. The topological polar surface area (TPSA) is 26.3 Å². The maximum absolute atomic E-state index is 11.6. The van der Waals surface area contributed by atoms with E-state index in [1.165, 1.54) is 22.1 Å². The van der Waals surface area contributed by atoms with Gasteiger partial charge in [0.05, 0.1) is 0 Å². The van der Waals surface area contributed by atoms with Gasteiger partial charge < -0.3 is 4.43 Å². The van der Waals surface area contributed by atoms with Crippen LogP contribution in [0, 0.1) is 5.92 Å². The van der Waals surface area contributed by atoms with E-state index in [1.54, 1.807) is 0 Å². The highest BCUT2D eigenvalue weighted by Gasteiger charge is 2.50. The van der Waals surface area contributed by atoms with Gasteiger partial charge in [0, 0.05) is 18.8 Å². The highest BCUT2D eigenvalue weighted by molar-refractivity contribution is 8.14. The normalized spacial score (nSPS) is 18.5. The first-order valence-corrected chi connectivity index (χ1v) is 11.7. The molecule has 3 rings (SSSR count). The Bertz CT molecular complexity index is 670. The maximum atomic E-state index is 11.6. The lowest BCUT2D eigenvalue weighted by atomic mass is 10.1. The first kappa shape index (κ1) is 18.4. The van der Waals surface area contributed by atoms with Gasteiger partial charge in [-0.15, -0.1) is 0 Å². The quantitative estimate of drug-likeness (QED) is 0.748. The lowest BCUT2D eigenvalue weighted by Gasteiger charge is -2.43. The van der Waals surface area contributed by atoms with Crippen LogP contribution < -0.4 is 10.4 Å². The fraction of sp³-hybridized carbons (Fsp3) is 0.381. The zero-order valence-corrected chi connectivity index (χ0v) is 17.0. The third kappa shape index (κ3) is 3.76. The zero-order valence-electron chi connectivity index (χ0n) is 15.2. The van der Waals surface area contributed by atoms with E-state index in [0.29, 0.717) is 24.1 Å². The molecule has 25 heavy (non-hydrogen) atoms. The monoisotopic (exact) mass is 370 g/mol. The summed E-state index contributed by atoms with van der Waals surface area (Å²) in [4.78, 5) is 11.6. The molecule has 2 nitrogen and oxygen atoms in total.